The minimum Gasteiger partial charge on any atom is -0.460 e. The number of nitrogens with one attached hydrogen (secondary N) is 1. The molecule has 0 saturated heterocycles. The highest BCUT2D eigenvalue weighted by Crippen LogP contribution is 2.48. The maximum Gasteiger partial charge on any atom is 0.412 e. The molecule has 1 N–H and O–H groups in total. The van der Waals surface area contributed by atoms with Crippen molar-refractivity contribution in [3.05, 3.63) is 46.2 Å². The van der Waals surface area contributed by atoms with Gasteiger partial charge in [0.2, 0.25) is 6.10 Å². The van der Waals surface area contributed by atoms with Crippen LogP contribution in [0.15, 0.2) is 34.8 Å². The topological polar surface area (TPSA) is 90.4 Å². The molecule has 4 rings (SSSR count). The summed E-state index contributed by atoms with van der Waals surface area (Å²) < 4.78 is 10.9. The molecule has 0 aromatic carbocycles. The third-order valence-electron chi connectivity index (χ3n) is 6.23. The van der Waals surface area contributed by atoms with Gasteiger partial charge < -0.3 is 9.47 Å². The van der Waals surface area contributed by atoms with Crippen molar-refractivity contribution < 1.29 is 19.1 Å². The van der Waals surface area contributed by atoms with Crippen molar-refractivity contribution in [2.45, 2.75) is 84.3 Å². The smallest absolute Gasteiger partial charge is 0.412 e. The number of nitrogens with zero attached hydrogens (tertiary/aromatic N) is 2. The van der Waals surface area contributed by atoms with Gasteiger partial charge in [0.15, 0.2) is 0 Å². The van der Waals surface area contributed by atoms with Crippen LogP contribution in [0.1, 0.15) is 70.2 Å². The van der Waals surface area contributed by atoms with Gasteiger partial charge in [0.25, 0.3) is 0 Å². The Kier molecular flexibility index (Phi) is 6.39. The van der Waals surface area contributed by atoms with Crippen LogP contribution < -0.4 is 5.32 Å². The van der Waals surface area contributed by atoms with Crippen LogP contribution in [0.5, 0.6) is 0 Å². The number of alkyl carbamates (subject to hydrolysis) is 1. The summed E-state index contributed by atoms with van der Waals surface area (Å²) in [5.41, 5.74) is 6.39. The van der Waals surface area contributed by atoms with Crippen LogP contribution in [-0.2, 0) is 20.7 Å². The zero-order chi connectivity index (χ0) is 22.0. The van der Waals surface area contributed by atoms with E-state index >= 15 is 0 Å². The number of carbonyl (C=O) groups is 2. The molecule has 7 nitrogen and oxygen atoms in total. The molecule has 1 fully saturated rings. The van der Waals surface area contributed by atoms with Crippen LogP contribution in [-0.4, -0.2) is 34.2 Å². The number of amides is 1. The van der Waals surface area contributed by atoms with Crippen LogP contribution >= 0.6 is 0 Å². The maximum absolute atomic E-state index is 12.9. The van der Waals surface area contributed by atoms with Crippen LogP contribution in [0.4, 0.5) is 4.79 Å². The van der Waals surface area contributed by atoms with Gasteiger partial charge in [-0.3, -0.25) is 15.3 Å². The van der Waals surface area contributed by atoms with E-state index in [9.17, 15) is 9.59 Å². The Bertz CT molecular complexity index is 935. The number of carbonyl (C=O) groups excluding carboxylic acids is 2. The molecule has 3 aliphatic carbocycles. The first kappa shape index (κ1) is 21.5. The Labute approximate surface area is 183 Å². The fourth-order valence-electron chi connectivity index (χ4n) is 5.00. The Hall–Kier alpha value is -2.70. The lowest BCUT2D eigenvalue weighted by Crippen LogP contribution is -2.37. The van der Waals surface area contributed by atoms with Crippen LogP contribution in [0.2, 0.25) is 0 Å². The van der Waals surface area contributed by atoms with Gasteiger partial charge in [-0.2, -0.15) is 0 Å². The summed E-state index contributed by atoms with van der Waals surface area (Å²) in [6.07, 6.45) is 9.11. The van der Waals surface area contributed by atoms with Crippen molar-refractivity contribution in [1.82, 2.24) is 15.3 Å². The molecule has 0 aliphatic heterocycles. The van der Waals surface area contributed by atoms with E-state index in [0.717, 1.165) is 49.9 Å². The minimum absolute atomic E-state index is 0.121. The molecule has 2 unspecified atom stereocenters. The third-order valence-corrected chi connectivity index (χ3v) is 6.23. The fraction of sp³-hybridized carbons (Fsp3) is 0.583. The first-order valence-electron chi connectivity index (χ1n) is 11.3. The number of fused-ring (bicyclic) bond motifs is 1. The van der Waals surface area contributed by atoms with Crippen molar-refractivity contribution in [1.29, 1.82) is 0 Å². The largest absolute Gasteiger partial charge is 0.460 e. The standard InChI is InChI=1S/C24H31N3O4/c1-14(2)30-23(28)21(11-18-13-25-12-15(3)26-18)31-24(29)27-22-19-8-4-6-16(19)10-17-7-5-9-20(17)22/h12-14,16,21H,4-11H2,1-3H3,(H,27,29). The van der Waals surface area contributed by atoms with Crippen molar-refractivity contribution >= 4 is 12.1 Å². The van der Waals surface area contributed by atoms with E-state index in [1.165, 1.54) is 23.1 Å². The van der Waals surface area contributed by atoms with Crippen molar-refractivity contribution in [3.63, 3.8) is 0 Å². The molecule has 2 atom stereocenters. The molecule has 0 bridgehead atoms. The lowest BCUT2D eigenvalue weighted by Gasteiger charge is -2.27. The lowest BCUT2D eigenvalue weighted by molar-refractivity contribution is -0.157. The van der Waals surface area contributed by atoms with E-state index in [1.54, 1.807) is 26.2 Å². The average Bonchev–Trinajstić information content (AvgIpc) is 3.36. The molecule has 31 heavy (non-hydrogen) atoms. The number of aromatic nitrogens is 2. The van der Waals surface area contributed by atoms with E-state index in [1.807, 2.05) is 6.92 Å². The molecule has 1 heterocycles. The van der Waals surface area contributed by atoms with E-state index < -0.39 is 18.2 Å². The summed E-state index contributed by atoms with van der Waals surface area (Å²) in [7, 11) is 0. The summed E-state index contributed by atoms with van der Waals surface area (Å²) in [5.74, 6) is -0.0364. The minimum atomic E-state index is -1.08. The third kappa shape index (κ3) is 4.97. The second-order valence-electron chi connectivity index (χ2n) is 8.99. The molecule has 0 radical (unpaired) electrons. The molecular formula is C24H31N3O4. The van der Waals surface area contributed by atoms with Gasteiger partial charge in [0.1, 0.15) is 0 Å². The molecule has 7 heteroatoms. The highest BCUT2D eigenvalue weighted by Gasteiger charge is 2.35. The van der Waals surface area contributed by atoms with E-state index in [-0.39, 0.29) is 12.5 Å². The number of esters is 1. The Morgan fingerprint density at radius 1 is 1.16 bits per heavy atom. The number of hydrogen-bond acceptors (Lipinski definition) is 6. The van der Waals surface area contributed by atoms with E-state index in [2.05, 4.69) is 15.3 Å². The monoisotopic (exact) mass is 425 g/mol. The molecule has 1 aromatic rings. The summed E-state index contributed by atoms with van der Waals surface area (Å²) in [5, 5.41) is 3.01. The lowest BCUT2D eigenvalue weighted by atomic mass is 9.84. The van der Waals surface area contributed by atoms with Gasteiger partial charge in [0, 0.05) is 24.5 Å². The van der Waals surface area contributed by atoms with Gasteiger partial charge in [0.05, 0.1) is 17.5 Å². The van der Waals surface area contributed by atoms with Crippen molar-refractivity contribution in [2.24, 2.45) is 5.92 Å². The molecule has 1 saturated carbocycles. The normalized spacial score (nSPS) is 21.1. The van der Waals surface area contributed by atoms with Crippen LogP contribution in [0, 0.1) is 12.8 Å². The number of aryl methyl sites for hydroxylation is 1. The average molecular weight is 426 g/mol. The second-order valence-corrected chi connectivity index (χ2v) is 8.99. The fourth-order valence-corrected chi connectivity index (χ4v) is 5.00. The zero-order valence-corrected chi connectivity index (χ0v) is 18.6. The first-order chi connectivity index (χ1) is 14.9. The van der Waals surface area contributed by atoms with Gasteiger partial charge >= 0.3 is 12.1 Å². The SMILES string of the molecule is Cc1cncc(CC(OC(=O)NC2=C3CCCC3CC3=C2CCC3)C(=O)OC(C)C)n1. The van der Waals surface area contributed by atoms with Gasteiger partial charge in [-0.25, -0.2) is 9.59 Å². The van der Waals surface area contributed by atoms with Crippen LogP contribution in [0.3, 0.4) is 0 Å². The van der Waals surface area contributed by atoms with Gasteiger partial charge in [-0.05, 0) is 82.8 Å². The Balaban J connectivity index is 1.51. The second kappa shape index (κ2) is 9.20. The van der Waals surface area contributed by atoms with Crippen LogP contribution in [0.25, 0.3) is 0 Å². The summed E-state index contributed by atoms with van der Waals surface area (Å²) >= 11 is 0. The highest BCUT2D eigenvalue weighted by atomic mass is 16.6. The summed E-state index contributed by atoms with van der Waals surface area (Å²) in [6, 6.07) is 0. The van der Waals surface area contributed by atoms with Gasteiger partial charge in [-0.15, -0.1) is 0 Å². The number of allylic oxidation sites excluding steroid dienone is 3. The number of hydrogen-bond donors (Lipinski definition) is 1. The van der Waals surface area contributed by atoms with E-state index in [4.69, 9.17) is 9.47 Å². The summed E-state index contributed by atoms with van der Waals surface area (Å²) in [4.78, 5) is 34.1. The Morgan fingerprint density at radius 2 is 2.00 bits per heavy atom. The molecule has 1 aromatic heterocycles. The zero-order valence-electron chi connectivity index (χ0n) is 18.6. The highest BCUT2D eigenvalue weighted by molar-refractivity contribution is 5.80. The number of rotatable bonds is 6. The molecular weight excluding hydrogens is 394 g/mol. The maximum atomic E-state index is 12.9. The molecule has 3 aliphatic rings. The first-order valence-corrected chi connectivity index (χ1v) is 11.3. The van der Waals surface area contributed by atoms with Crippen molar-refractivity contribution in [3.8, 4) is 0 Å². The molecule has 1 amide bonds. The quantitative estimate of drug-likeness (QED) is 0.683. The van der Waals surface area contributed by atoms with E-state index in [0.29, 0.717) is 11.6 Å². The van der Waals surface area contributed by atoms with Crippen molar-refractivity contribution in [2.75, 3.05) is 0 Å². The number of ether oxygens (including phenoxy) is 2. The predicted octanol–water partition coefficient (Wildman–Crippen LogP) is 4.31. The molecule has 166 valence electrons. The van der Waals surface area contributed by atoms with Gasteiger partial charge in [-0.1, -0.05) is 5.57 Å². The predicted molar refractivity (Wildman–Crippen MR) is 115 cm³/mol. The Morgan fingerprint density at radius 3 is 2.77 bits per heavy atom. The molecule has 0 spiro atoms. The summed E-state index contributed by atoms with van der Waals surface area (Å²) in [6.45, 7) is 5.36.